The molecule has 0 unspecified atom stereocenters. The summed E-state index contributed by atoms with van der Waals surface area (Å²) in [5, 5.41) is 19.9. The minimum absolute atomic E-state index is 0.0211. The summed E-state index contributed by atoms with van der Waals surface area (Å²) in [4.78, 5) is 73.6. The van der Waals surface area contributed by atoms with Crippen LogP contribution in [0.4, 0.5) is 0 Å². The van der Waals surface area contributed by atoms with Crippen LogP contribution in [0.25, 0.3) is 10.9 Å². The van der Waals surface area contributed by atoms with Gasteiger partial charge >= 0.3 is 0 Å². The number of aromatic nitrogens is 1. The smallest absolute Gasteiger partial charge is 0.246 e. The van der Waals surface area contributed by atoms with Gasteiger partial charge in [-0.3, -0.25) is 24.0 Å². The highest BCUT2D eigenvalue weighted by Gasteiger charge is 2.42. The quantitative estimate of drug-likeness (QED) is 0.242. The molecule has 13 nitrogen and oxygen atoms in total. The van der Waals surface area contributed by atoms with Crippen molar-refractivity contribution in [1.29, 1.82) is 0 Å². The highest BCUT2D eigenvalue weighted by atomic mass is 16.5. The first-order valence-electron chi connectivity index (χ1n) is 15.4. The summed E-state index contributed by atoms with van der Waals surface area (Å²) >= 11 is 0. The van der Waals surface area contributed by atoms with Gasteiger partial charge in [0.1, 0.15) is 18.1 Å². The topological polar surface area (TPSA) is 173 Å². The zero-order valence-electron chi connectivity index (χ0n) is 25.7. The summed E-state index contributed by atoms with van der Waals surface area (Å²) in [6.45, 7) is -0.274. The van der Waals surface area contributed by atoms with E-state index in [1.807, 2.05) is 54.6 Å². The predicted molar refractivity (Wildman–Crippen MR) is 168 cm³/mol. The number of hydrogen-bond acceptors (Lipinski definition) is 7. The molecule has 5 rings (SSSR count). The number of benzene rings is 2. The zero-order valence-corrected chi connectivity index (χ0v) is 25.7. The normalized spacial score (nSPS) is 23.3. The van der Waals surface area contributed by atoms with Gasteiger partial charge in [-0.05, 0) is 17.2 Å². The SMILES string of the molecule is COCCC(=O)N1CCNC(=O)[C@H](Cc2ccccc2)NC(=O)[C@@H]2C[C@@H](O)CN2C(=O)[C@@H](Cc2c[nH]c3ccccc23)NC(=O)C1. The Kier molecular flexibility index (Phi) is 10.7. The number of fused-ring (bicyclic) bond motifs is 2. The second-order valence-electron chi connectivity index (χ2n) is 11.7. The molecule has 0 spiro atoms. The monoisotopic (exact) mass is 632 g/mol. The lowest BCUT2D eigenvalue weighted by molar-refractivity contribution is -0.142. The van der Waals surface area contributed by atoms with E-state index in [-0.39, 0.29) is 64.4 Å². The Labute approximate surface area is 266 Å². The fourth-order valence-electron chi connectivity index (χ4n) is 6.04. The molecule has 1 aromatic heterocycles. The Hall–Kier alpha value is -4.75. The average molecular weight is 633 g/mol. The number of H-pyrrole nitrogens is 1. The van der Waals surface area contributed by atoms with Crippen molar-refractivity contribution in [2.24, 2.45) is 0 Å². The molecule has 0 saturated carbocycles. The van der Waals surface area contributed by atoms with Crippen molar-refractivity contribution in [3.05, 3.63) is 71.9 Å². The Bertz CT molecular complexity index is 1560. The molecule has 46 heavy (non-hydrogen) atoms. The van der Waals surface area contributed by atoms with Crippen LogP contribution in [-0.4, -0.2) is 114 Å². The van der Waals surface area contributed by atoms with E-state index in [2.05, 4.69) is 20.9 Å². The van der Waals surface area contributed by atoms with Gasteiger partial charge in [0.05, 0.1) is 25.7 Å². The van der Waals surface area contributed by atoms with Gasteiger partial charge in [0, 0.05) is 63.1 Å². The Balaban J connectivity index is 1.47. The van der Waals surface area contributed by atoms with Crippen molar-refractivity contribution in [3.63, 3.8) is 0 Å². The lowest BCUT2D eigenvalue weighted by Gasteiger charge is -2.30. The van der Waals surface area contributed by atoms with Crippen LogP contribution in [0.15, 0.2) is 60.8 Å². The van der Waals surface area contributed by atoms with E-state index in [4.69, 9.17) is 4.74 Å². The van der Waals surface area contributed by atoms with Gasteiger partial charge in [0.2, 0.25) is 29.5 Å². The van der Waals surface area contributed by atoms with Crippen molar-refractivity contribution in [1.82, 2.24) is 30.7 Å². The van der Waals surface area contributed by atoms with E-state index in [1.165, 1.54) is 16.9 Å². The summed E-state index contributed by atoms with van der Waals surface area (Å²) in [5.41, 5.74) is 2.45. The number of para-hydroxylation sites is 1. The standard InChI is InChI=1S/C33H40N6O7/c1-46-14-11-30(42)38-13-12-34-31(43)26(15-21-7-3-2-4-8-21)37-32(44)28-17-23(40)19-39(28)33(45)27(36-29(41)20-38)16-22-18-35-25-10-6-5-9-24(22)25/h2-10,18,23,26-28,35,40H,11-17,19-20H2,1H3,(H,34,43)(H,36,41)(H,37,44)/t23-,26+,27-,28+/m1/s1. The van der Waals surface area contributed by atoms with E-state index in [9.17, 15) is 29.1 Å². The van der Waals surface area contributed by atoms with E-state index < -0.39 is 47.9 Å². The maximum Gasteiger partial charge on any atom is 0.246 e. The molecule has 3 aromatic rings. The van der Waals surface area contributed by atoms with Crippen LogP contribution in [0.1, 0.15) is 24.0 Å². The fraction of sp³-hybridized carbons (Fsp3) is 0.424. The van der Waals surface area contributed by atoms with Crippen LogP contribution >= 0.6 is 0 Å². The molecule has 2 fully saturated rings. The molecule has 3 heterocycles. The van der Waals surface area contributed by atoms with Crippen LogP contribution in [0, 0.1) is 0 Å². The molecule has 244 valence electrons. The number of carbonyl (C=O) groups is 5. The number of amides is 5. The van der Waals surface area contributed by atoms with Crippen LogP contribution in [0.5, 0.6) is 0 Å². The number of nitrogens with one attached hydrogen (secondary N) is 4. The van der Waals surface area contributed by atoms with Gasteiger partial charge in [-0.1, -0.05) is 48.5 Å². The Morgan fingerprint density at radius 2 is 1.72 bits per heavy atom. The Morgan fingerprint density at radius 3 is 2.50 bits per heavy atom. The minimum atomic E-state index is -1.10. The minimum Gasteiger partial charge on any atom is -0.391 e. The molecule has 0 bridgehead atoms. The van der Waals surface area contributed by atoms with Gasteiger partial charge in [-0.15, -0.1) is 0 Å². The molecule has 0 radical (unpaired) electrons. The third-order valence-electron chi connectivity index (χ3n) is 8.40. The lowest BCUT2D eigenvalue weighted by atomic mass is 10.0. The maximum atomic E-state index is 14.2. The number of aromatic amines is 1. The van der Waals surface area contributed by atoms with Gasteiger partial charge in [0.25, 0.3) is 0 Å². The first-order chi connectivity index (χ1) is 22.2. The highest BCUT2D eigenvalue weighted by Crippen LogP contribution is 2.23. The molecule has 2 saturated heterocycles. The van der Waals surface area contributed by atoms with Crippen molar-refractivity contribution in [2.75, 3.05) is 39.9 Å². The molecular weight excluding hydrogens is 592 g/mol. The van der Waals surface area contributed by atoms with Crippen LogP contribution in [-0.2, 0) is 41.6 Å². The van der Waals surface area contributed by atoms with Gasteiger partial charge in [0.15, 0.2) is 0 Å². The summed E-state index contributed by atoms with van der Waals surface area (Å²) in [5.74, 6) is -2.54. The molecule has 2 aliphatic heterocycles. The summed E-state index contributed by atoms with van der Waals surface area (Å²) in [6, 6.07) is 13.6. The molecule has 2 aromatic carbocycles. The van der Waals surface area contributed by atoms with Crippen LogP contribution < -0.4 is 16.0 Å². The number of rotatable bonds is 7. The van der Waals surface area contributed by atoms with Gasteiger partial charge in [-0.25, -0.2) is 0 Å². The number of carbonyl (C=O) groups excluding carboxylic acids is 5. The van der Waals surface area contributed by atoms with Crippen molar-refractivity contribution in [2.45, 2.75) is 49.9 Å². The second kappa shape index (κ2) is 15.0. The first-order valence-corrected chi connectivity index (χ1v) is 15.4. The molecule has 2 aliphatic rings. The van der Waals surface area contributed by atoms with Crippen molar-refractivity contribution >= 4 is 40.4 Å². The van der Waals surface area contributed by atoms with E-state index in [0.717, 1.165) is 22.0 Å². The lowest BCUT2D eigenvalue weighted by Crippen LogP contribution is -2.57. The average Bonchev–Trinajstić information content (AvgIpc) is 3.65. The number of ether oxygens (including phenoxy) is 1. The number of aliphatic hydroxyl groups is 1. The van der Waals surface area contributed by atoms with Gasteiger partial charge < -0.3 is 40.6 Å². The summed E-state index contributed by atoms with van der Waals surface area (Å²) in [7, 11) is 1.47. The number of methoxy groups -OCH3 is 1. The molecule has 5 amide bonds. The van der Waals surface area contributed by atoms with Crippen LogP contribution in [0.3, 0.4) is 0 Å². The first kappa shape index (κ1) is 32.6. The number of aliphatic hydroxyl groups excluding tert-OH is 1. The molecule has 5 N–H and O–H groups in total. The molecular formula is C33H40N6O7. The maximum absolute atomic E-state index is 14.2. The second-order valence-corrected chi connectivity index (χ2v) is 11.7. The predicted octanol–water partition coefficient (Wildman–Crippen LogP) is -0.121. The summed E-state index contributed by atoms with van der Waals surface area (Å²) in [6.07, 6.45) is 1.08. The Morgan fingerprint density at radius 1 is 0.957 bits per heavy atom. The molecule has 0 aliphatic carbocycles. The van der Waals surface area contributed by atoms with E-state index in [1.54, 1.807) is 6.20 Å². The highest BCUT2D eigenvalue weighted by molar-refractivity contribution is 5.96. The van der Waals surface area contributed by atoms with E-state index >= 15 is 0 Å². The fourth-order valence-corrected chi connectivity index (χ4v) is 6.04. The molecule has 13 heteroatoms. The van der Waals surface area contributed by atoms with Crippen molar-refractivity contribution in [3.8, 4) is 0 Å². The third kappa shape index (κ3) is 7.90. The van der Waals surface area contributed by atoms with Gasteiger partial charge in [-0.2, -0.15) is 0 Å². The van der Waals surface area contributed by atoms with Crippen molar-refractivity contribution < 1.29 is 33.8 Å². The zero-order chi connectivity index (χ0) is 32.6. The largest absolute Gasteiger partial charge is 0.391 e. The number of nitrogens with zero attached hydrogens (tertiary/aromatic N) is 2. The van der Waals surface area contributed by atoms with E-state index in [0.29, 0.717) is 0 Å². The van der Waals surface area contributed by atoms with Crippen LogP contribution in [0.2, 0.25) is 0 Å². The third-order valence-corrected chi connectivity index (χ3v) is 8.40. The summed E-state index contributed by atoms with van der Waals surface area (Å²) < 4.78 is 5.05. The molecule has 4 atom stereocenters. The number of hydrogen-bond donors (Lipinski definition) is 5.